The van der Waals surface area contributed by atoms with Crippen molar-refractivity contribution in [1.29, 1.82) is 0 Å². The van der Waals surface area contributed by atoms with Gasteiger partial charge in [0.2, 0.25) is 0 Å². The van der Waals surface area contributed by atoms with E-state index in [1.807, 2.05) is 0 Å². The maximum Gasteiger partial charge on any atom is 0.128 e. The van der Waals surface area contributed by atoms with Crippen LogP contribution in [0.15, 0.2) is 30.5 Å². The van der Waals surface area contributed by atoms with E-state index < -0.39 is 6.04 Å². The first-order valence-electron chi connectivity index (χ1n) is 4.39. The van der Waals surface area contributed by atoms with Gasteiger partial charge < -0.3 is 0 Å². The SMILES string of the molecule is NNC(c1cn[nH]n1)c1ccccc1F. The fraction of sp³-hybridized carbons (Fsp3) is 0.111. The molecule has 5 nitrogen and oxygen atoms in total. The van der Waals surface area contributed by atoms with Crippen molar-refractivity contribution >= 4 is 0 Å². The summed E-state index contributed by atoms with van der Waals surface area (Å²) in [6, 6.07) is 5.89. The topological polar surface area (TPSA) is 79.6 Å². The highest BCUT2D eigenvalue weighted by Gasteiger charge is 2.18. The van der Waals surface area contributed by atoms with Gasteiger partial charge >= 0.3 is 0 Å². The molecule has 2 rings (SSSR count). The average molecular weight is 207 g/mol. The number of hydrogen-bond acceptors (Lipinski definition) is 4. The highest BCUT2D eigenvalue weighted by Crippen LogP contribution is 2.20. The van der Waals surface area contributed by atoms with Gasteiger partial charge in [-0.05, 0) is 6.07 Å². The number of halogens is 1. The van der Waals surface area contributed by atoms with E-state index in [2.05, 4.69) is 20.8 Å². The first-order valence-corrected chi connectivity index (χ1v) is 4.39. The molecule has 0 amide bonds. The van der Waals surface area contributed by atoms with E-state index in [4.69, 9.17) is 5.84 Å². The van der Waals surface area contributed by atoms with Gasteiger partial charge in [-0.3, -0.25) is 5.84 Å². The molecule has 0 fully saturated rings. The van der Waals surface area contributed by atoms with Gasteiger partial charge in [-0.2, -0.15) is 15.4 Å². The minimum Gasteiger partial charge on any atom is -0.271 e. The second-order valence-electron chi connectivity index (χ2n) is 3.02. The lowest BCUT2D eigenvalue weighted by molar-refractivity contribution is 0.552. The summed E-state index contributed by atoms with van der Waals surface area (Å²) >= 11 is 0. The molecule has 1 unspecified atom stereocenters. The third-order valence-electron chi connectivity index (χ3n) is 2.11. The summed E-state index contributed by atoms with van der Waals surface area (Å²) in [5, 5.41) is 9.97. The first kappa shape index (κ1) is 9.75. The van der Waals surface area contributed by atoms with Crippen LogP contribution < -0.4 is 11.3 Å². The van der Waals surface area contributed by atoms with Crippen molar-refractivity contribution in [3.8, 4) is 0 Å². The second kappa shape index (κ2) is 4.16. The van der Waals surface area contributed by atoms with Crippen LogP contribution in [0.4, 0.5) is 4.39 Å². The van der Waals surface area contributed by atoms with E-state index in [1.54, 1.807) is 18.2 Å². The maximum atomic E-state index is 13.5. The van der Waals surface area contributed by atoms with Gasteiger partial charge in [0.1, 0.15) is 11.5 Å². The van der Waals surface area contributed by atoms with Gasteiger partial charge in [0, 0.05) is 5.56 Å². The first-order chi connectivity index (χ1) is 7.33. The number of rotatable bonds is 3. The zero-order valence-electron chi connectivity index (χ0n) is 7.81. The molecule has 0 aliphatic heterocycles. The summed E-state index contributed by atoms with van der Waals surface area (Å²) in [5.41, 5.74) is 3.48. The monoisotopic (exact) mass is 207 g/mol. The quantitative estimate of drug-likeness (QED) is 0.505. The molecule has 6 heteroatoms. The smallest absolute Gasteiger partial charge is 0.128 e. The molecule has 0 aliphatic carbocycles. The lowest BCUT2D eigenvalue weighted by Crippen LogP contribution is -2.29. The van der Waals surface area contributed by atoms with E-state index in [1.165, 1.54) is 12.3 Å². The summed E-state index contributed by atoms with van der Waals surface area (Å²) in [7, 11) is 0. The van der Waals surface area contributed by atoms with Gasteiger partial charge in [-0.1, -0.05) is 18.2 Å². The maximum absolute atomic E-state index is 13.5. The predicted octanol–water partition coefficient (Wildman–Crippen LogP) is 0.496. The Hall–Kier alpha value is -1.79. The van der Waals surface area contributed by atoms with E-state index in [0.717, 1.165) is 0 Å². The van der Waals surface area contributed by atoms with Crippen LogP contribution in [0, 0.1) is 5.82 Å². The summed E-state index contributed by atoms with van der Waals surface area (Å²) in [6.07, 6.45) is 1.50. The zero-order valence-corrected chi connectivity index (χ0v) is 7.81. The number of aromatic amines is 1. The Labute approximate surface area is 85.5 Å². The molecule has 1 heterocycles. The summed E-state index contributed by atoms with van der Waals surface area (Å²) < 4.78 is 13.5. The molecule has 1 aromatic heterocycles. The van der Waals surface area contributed by atoms with E-state index >= 15 is 0 Å². The van der Waals surface area contributed by atoms with Crippen molar-refractivity contribution in [3.05, 3.63) is 47.5 Å². The third kappa shape index (κ3) is 1.85. The highest BCUT2D eigenvalue weighted by molar-refractivity contribution is 5.27. The zero-order chi connectivity index (χ0) is 10.7. The van der Waals surface area contributed by atoms with Crippen LogP contribution in [0.5, 0.6) is 0 Å². The molecule has 4 N–H and O–H groups in total. The molecule has 2 aromatic rings. The molecule has 0 aliphatic rings. The van der Waals surface area contributed by atoms with Crippen molar-refractivity contribution in [2.75, 3.05) is 0 Å². The molecule has 0 saturated carbocycles. The molecule has 78 valence electrons. The standard InChI is InChI=1S/C9H10FN5/c10-7-4-2-1-3-6(7)9(13-11)8-5-12-15-14-8/h1-5,9,13H,11H2,(H,12,14,15). The van der Waals surface area contributed by atoms with E-state index in [0.29, 0.717) is 11.3 Å². The van der Waals surface area contributed by atoms with E-state index in [-0.39, 0.29) is 5.82 Å². The number of hydrogen-bond donors (Lipinski definition) is 3. The van der Waals surface area contributed by atoms with Crippen molar-refractivity contribution in [3.63, 3.8) is 0 Å². The van der Waals surface area contributed by atoms with Crippen molar-refractivity contribution < 1.29 is 4.39 Å². The number of H-pyrrole nitrogens is 1. The number of hydrazine groups is 1. The summed E-state index contributed by atoms with van der Waals surface area (Å²) in [6.45, 7) is 0. The Balaban J connectivity index is 2.40. The second-order valence-corrected chi connectivity index (χ2v) is 3.02. The van der Waals surface area contributed by atoms with Gasteiger partial charge in [-0.15, -0.1) is 0 Å². The Morgan fingerprint density at radius 2 is 2.20 bits per heavy atom. The van der Waals surface area contributed by atoms with Crippen molar-refractivity contribution in [2.45, 2.75) is 6.04 Å². The Bertz CT molecular complexity index is 428. The molecular weight excluding hydrogens is 197 g/mol. The molecule has 0 saturated heterocycles. The van der Waals surface area contributed by atoms with Crippen LogP contribution in [0.25, 0.3) is 0 Å². The van der Waals surface area contributed by atoms with Gasteiger partial charge in [-0.25, -0.2) is 9.82 Å². The largest absolute Gasteiger partial charge is 0.271 e. The van der Waals surface area contributed by atoms with Crippen LogP contribution in [0.2, 0.25) is 0 Å². The van der Waals surface area contributed by atoms with Crippen molar-refractivity contribution in [2.24, 2.45) is 5.84 Å². The minimum absolute atomic E-state index is 0.330. The molecule has 0 bridgehead atoms. The van der Waals surface area contributed by atoms with Gasteiger partial charge in [0.25, 0.3) is 0 Å². The fourth-order valence-electron chi connectivity index (χ4n) is 1.39. The summed E-state index contributed by atoms with van der Waals surface area (Å²) in [5.74, 6) is 5.04. The number of benzene rings is 1. The predicted molar refractivity (Wildman–Crippen MR) is 51.9 cm³/mol. The summed E-state index contributed by atoms with van der Waals surface area (Å²) in [4.78, 5) is 0. The minimum atomic E-state index is -0.495. The van der Waals surface area contributed by atoms with Crippen LogP contribution in [-0.2, 0) is 0 Å². The number of nitrogens with one attached hydrogen (secondary N) is 2. The molecule has 0 spiro atoms. The van der Waals surface area contributed by atoms with Gasteiger partial charge in [0.05, 0.1) is 12.2 Å². The number of nitrogens with two attached hydrogens (primary N) is 1. The third-order valence-corrected chi connectivity index (χ3v) is 2.11. The fourth-order valence-corrected chi connectivity index (χ4v) is 1.39. The number of aromatic nitrogens is 3. The Kier molecular flexibility index (Phi) is 2.70. The van der Waals surface area contributed by atoms with Crippen LogP contribution >= 0.6 is 0 Å². The molecule has 1 atom stereocenters. The lowest BCUT2D eigenvalue weighted by Gasteiger charge is -2.13. The lowest BCUT2D eigenvalue weighted by atomic mass is 10.0. The normalized spacial score (nSPS) is 12.7. The van der Waals surface area contributed by atoms with Crippen LogP contribution in [0.1, 0.15) is 17.3 Å². The molecule has 1 aromatic carbocycles. The highest BCUT2D eigenvalue weighted by atomic mass is 19.1. The Morgan fingerprint density at radius 3 is 2.80 bits per heavy atom. The molecular formula is C9H10FN5. The molecule has 15 heavy (non-hydrogen) atoms. The Morgan fingerprint density at radius 1 is 1.40 bits per heavy atom. The van der Waals surface area contributed by atoms with Crippen LogP contribution in [0.3, 0.4) is 0 Å². The van der Waals surface area contributed by atoms with Crippen LogP contribution in [-0.4, -0.2) is 15.4 Å². The molecule has 0 radical (unpaired) electrons. The number of nitrogens with zero attached hydrogens (tertiary/aromatic N) is 2. The average Bonchev–Trinajstić information content (AvgIpc) is 2.75. The van der Waals surface area contributed by atoms with E-state index in [9.17, 15) is 4.39 Å². The van der Waals surface area contributed by atoms with Crippen molar-refractivity contribution in [1.82, 2.24) is 20.8 Å². The van der Waals surface area contributed by atoms with Gasteiger partial charge in [0.15, 0.2) is 0 Å².